The highest BCUT2D eigenvalue weighted by molar-refractivity contribution is 6.31. The first-order chi connectivity index (χ1) is 22.1. The lowest BCUT2D eigenvalue weighted by Gasteiger charge is -2.34. The van der Waals surface area contributed by atoms with Gasteiger partial charge in [0, 0.05) is 49.5 Å². The van der Waals surface area contributed by atoms with Gasteiger partial charge in [-0.1, -0.05) is 37.9 Å². The number of aromatic nitrogens is 1. The Hall–Kier alpha value is -4.57. The lowest BCUT2D eigenvalue weighted by Crippen LogP contribution is -2.38. The van der Waals surface area contributed by atoms with Crippen LogP contribution in [0.5, 0.6) is 0 Å². The van der Waals surface area contributed by atoms with Crippen LogP contribution in [0, 0.1) is 17.6 Å². The molecule has 5 rings (SSSR count). The molecule has 2 atom stereocenters. The number of nitrogens with zero attached hydrogens (tertiary/aromatic N) is 3. The van der Waals surface area contributed by atoms with Crippen LogP contribution < -0.4 is 10.6 Å². The highest BCUT2D eigenvalue weighted by Crippen LogP contribution is 2.38. The van der Waals surface area contributed by atoms with Crippen LogP contribution in [0.2, 0.25) is 5.02 Å². The number of amides is 2. The third-order valence-electron chi connectivity index (χ3n) is 8.29. The summed E-state index contributed by atoms with van der Waals surface area (Å²) in [6, 6.07) is 11.2. The zero-order chi connectivity index (χ0) is 33.0. The molecule has 8 nitrogen and oxygen atoms in total. The van der Waals surface area contributed by atoms with Crippen LogP contribution in [0.4, 0.5) is 20.2 Å². The Labute approximate surface area is 272 Å². The summed E-state index contributed by atoms with van der Waals surface area (Å²) in [7, 11) is 1.65. The van der Waals surface area contributed by atoms with Crippen LogP contribution >= 0.6 is 11.6 Å². The fourth-order valence-electron chi connectivity index (χ4n) is 5.83. The number of ether oxygens (including phenoxy) is 1. The SMILES string of the molecule is C=C(Nc1ccc2c(c1)NC(=O)C(C)CCCC(N1CCC(c3c(F)ccc(Cl)c3F)=CC1=O)c1cc-2ccn1)OC(CC)=NC. The van der Waals surface area contributed by atoms with Crippen LogP contribution in [-0.4, -0.2) is 41.2 Å². The zero-order valence-electron chi connectivity index (χ0n) is 26.0. The van der Waals surface area contributed by atoms with E-state index in [1.807, 2.05) is 44.2 Å². The lowest BCUT2D eigenvalue weighted by atomic mass is 9.92. The Morgan fingerprint density at radius 1 is 1.20 bits per heavy atom. The normalized spacial score (nSPS) is 18.9. The molecule has 0 spiro atoms. The average molecular weight is 648 g/mol. The molecule has 2 bridgehead atoms. The molecular weight excluding hydrogens is 612 g/mol. The number of pyridine rings is 1. The van der Waals surface area contributed by atoms with Gasteiger partial charge in [-0.25, -0.2) is 8.78 Å². The van der Waals surface area contributed by atoms with Gasteiger partial charge in [-0.2, -0.15) is 0 Å². The van der Waals surface area contributed by atoms with Crippen LogP contribution in [0.25, 0.3) is 16.7 Å². The van der Waals surface area contributed by atoms with E-state index in [2.05, 4.69) is 27.2 Å². The molecule has 2 aliphatic heterocycles. The molecular formula is C35H36ClF2N5O3. The fourth-order valence-corrected chi connectivity index (χ4v) is 5.99. The van der Waals surface area contributed by atoms with Gasteiger partial charge in [-0.05, 0) is 73.4 Å². The summed E-state index contributed by atoms with van der Waals surface area (Å²) >= 11 is 5.92. The van der Waals surface area contributed by atoms with E-state index < -0.39 is 17.7 Å². The number of halogens is 3. The summed E-state index contributed by atoms with van der Waals surface area (Å²) in [4.78, 5) is 37.3. The number of carbonyl (C=O) groups excluding carboxylic acids is 2. The summed E-state index contributed by atoms with van der Waals surface area (Å²) < 4.78 is 35.1. The number of anilines is 2. The first-order valence-corrected chi connectivity index (χ1v) is 15.6. The number of hydrogen-bond acceptors (Lipinski definition) is 6. The predicted octanol–water partition coefficient (Wildman–Crippen LogP) is 8.13. The molecule has 2 unspecified atom stereocenters. The molecule has 11 heteroatoms. The van der Waals surface area contributed by atoms with Gasteiger partial charge in [-0.15, -0.1) is 0 Å². The second-order valence-corrected chi connectivity index (χ2v) is 11.8. The van der Waals surface area contributed by atoms with Gasteiger partial charge >= 0.3 is 0 Å². The van der Waals surface area contributed by atoms with E-state index in [-0.39, 0.29) is 46.9 Å². The van der Waals surface area contributed by atoms with Crippen LogP contribution in [0.3, 0.4) is 0 Å². The molecule has 0 aliphatic carbocycles. The van der Waals surface area contributed by atoms with Crippen molar-refractivity contribution in [3.63, 3.8) is 0 Å². The van der Waals surface area contributed by atoms with E-state index in [4.69, 9.17) is 16.3 Å². The van der Waals surface area contributed by atoms with Crippen LogP contribution in [0.1, 0.15) is 63.3 Å². The molecule has 1 aromatic heterocycles. The second-order valence-electron chi connectivity index (χ2n) is 11.4. The van der Waals surface area contributed by atoms with Gasteiger partial charge < -0.3 is 20.3 Å². The van der Waals surface area contributed by atoms with E-state index >= 15 is 0 Å². The van der Waals surface area contributed by atoms with Gasteiger partial charge in [0.05, 0.1) is 28.0 Å². The highest BCUT2D eigenvalue weighted by atomic mass is 35.5. The smallest absolute Gasteiger partial charge is 0.247 e. The third kappa shape index (κ3) is 7.12. The van der Waals surface area contributed by atoms with Gasteiger partial charge in [-0.3, -0.25) is 19.6 Å². The summed E-state index contributed by atoms with van der Waals surface area (Å²) in [6.07, 6.45) is 5.61. The van der Waals surface area contributed by atoms with Crippen molar-refractivity contribution >= 4 is 46.3 Å². The standard InChI is InChI=1S/C35H36ClF2N5O3/c1-5-31(39-4)46-21(3)41-24-9-10-25-22-13-15-40-29(17-22)30(8-6-7-20(2)35(45)42-28(25)19-24)43-16-14-23(18-32(43)44)33-27(37)12-11-26(36)34(33)38/h9-13,15,17-20,30,41H,3,5-8,14,16H2,1-2,4H3,(H,42,45). The number of rotatable bonds is 6. The maximum atomic E-state index is 14.8. The van der Waals surface area contributed by atoms with E-state index in [1.165, 1.54) is 6.08 Å². The van der Waals surface area contributed by atoms with Crippen LogP contribution in [0.15, 0.2) is 72.2 Å². The Morgan fingerprint density at radius 2 is 2.00 bits per heavy atom. The number of fused-ring (bicyclic) bond motifs is 4. The highest BCUT2D eigenvalue weighted by Gasteiger charge is 2.31. The quantitative estimate of drug-likeness (QED) is 0.122. The molecule has 46 heavy (non-hydrogen) atoms. The molecule has 0 saturated carbocycles. The molecule has 3 heterocycles. The maximum Gasteiger partial charge on any atom is 0.247 e. The number of aliphatic imine (C=N–C) groups is 1. The van der Waals surface area contributed by atoms with Crippen molar-refractivity contribution in [1.82, 2.24) is 9.88 Å². The van der Waals surface area contributed by atoms with Crippen molar-refractivity contribution in [3.05, 3.63) is 95.1 Å². The number of carbonyl (C=O) groups is 2. The van der Waals surface area contributed by atoms with Crippen molar-refractivity contribution in [2.45, 2.75) is 52.0 Å². The van der Waals surface area contributed by atoms with E-state index in [0.717, 1.165) is 23.3 Å². The topological polar surface area (TPSA) is 95.9 Å². The summed E-state index contributed by atoms with van der Waals surface area (Å²) in [5, 5.41) is 6.01. The van der Waals surface area contributed by atoms with Gasteiger partial charge in [0.2, 0.25) is 11.8 Å². The monoisotopic (exact) mass is 647 g/mol. The Balaban J connectivity index is 1.48. The van der Waals surface area contributed by atoms with Crippen molar-refractivity contribution in [2.75, 3.05) is 24.2 Å². The van der Waals surface area contributed by atoms with Gasteiger partial charge in [0.15, 0.2) is 17.6 Å². The Morgan fingerprint density at radius 3 is 2.74 bits per heavy atom. The first kappa shape index (κ1) is 32.8. The molecule has 3 aromatic rings. The lowest BCUT2D eigenvalue weighted by molar-refractivity contribution is -0.129. The average Bonchev–Trinajstić information content (AvgIpc) is 3.04. The van der Waals surface area contributed by atoms with Crippen molar-refractivity contribution in [3.8, 4) is 11.1 Å². The molecule has 240 valence electrons. The molecule has 2 N–H and O–H groups in total. The Bertz CT molecular complexity index is 1740. The summed E-state index contributed by atoms with van der Waals surface area (Å²) in [5.74, 6) is -1.61. The minimum Gasteiger partial charge on any atom is -0.428 e. The zero-order valence-corrected chi connectivity index (χ0v) is 26.8. The number of benzene rings is 2. The van der Waals surface area contributed by atoms with E-state index in [0.29, 0.717) is 54.5 Å². The number of nitrogens with one attached hydrogen (secondary N) is 2. The molecule has 2 aromatic carbocycles. The third-order valence-corrected chi connectivity index (χ3v) is 8.59. The summed E-state index contributed by atoms with van der Waals surface area (Å²) in [6.45, 7) is 7.97. The van der Waals surface area contributed by atoms with Crippen molar-refractivity contribution in [2.24, 2.45) is 10.9 Å². The maximum absolute atomic E-state index is 14.8. The van der Waals surface area contributed by atoms with Crippen molar-refractivity contribution in [1.29, 1.82) is 0 Å². The Kier molecular flexibility index (Phi) is 10.2. The molecule has 0 saturated heterocycles. The minimum atomic E-state index is -0.879. The predicted molar refractivity (Wildman–Crippen MR) is 177 cm³/mol. The molecule has 2 aliphatic rings. The number of hydrogen-bond donors (Lipinski definition) is 2. The van der Waals surface area contributed by atoms with Gasteiger partial charge in [0.25, 0.3) is 0 Å². The van der Waals surface area contributed by atoms with E-state index in [1.54, 1.807) is 18.1 Å². The van der Waals surface area contributed by atoms with E-state index in [9.17, 15) is 18.4 Å². The molecule has 0 radical (unpaired) electrons. The second kappa shape index (κ2) is 14.2. The van der Waals surface area contributed by atoms with Gasteiger partial charge in [0.1, 0.15) is 5.82 Å². The minimum absolute atomic E-state index is 0.126. The fraction of sp³-hybridized carbons (Fsp3) is 0.314. The summed E-state index contributed by atoms with van der Waals surface area (Å²) in [5.41, 5.74) is 3.50. The molecule has 0 fully saturated rings. The molecule has 2 amide bonds. The largest absolute Gasteiger partial charge is 0.428 e. The van der Waals surface area contributed by atoms with Crippen LogP contribution in [-0.2, 0) is 14.3 Å². The van der Waals surface area contributed by atoms with Crippen molar-refractivity contribution < 1.29 is 23.1 Å². The first-order valence-electron chi connectivity index (χ1n) is 15.2.